The van der Waals surface area contributed by atoms with Crippen molar-refractivity contribution in [3.05, 3.63) is 70.6 Å². The van der Waals surface area contributed by atoms with Gasteiger partial charge in [-0.05, 0) is 24.6 Å². The van der Waals surface area contributed by atoms with Gasteiger partial charge in [-0.1, -0.05) is 41.6 Å². The molecule has 2 aromatic carbocycles. The van der Waals surface area contributed by atoms with Gasteiger partial charge in [0.15, 0.2) is 0 Å². The lowest BCUT2D eigenvalue weighted by Crippen LogP contribution is -2.14. The third-order valence-corrected chi connectivity index (χ3v) is 4.49. The van der Waals surface area contributed by atoms with Crippen LogP contribution in [0.3, 0.4) is 0 Å². The van der Waals surface area contributed by atoms with Crippen LogP contribution in [-0.4, -0.2) is 30.0 Å². The molecule has 7 heteroatoms. The van der Waals surface area contributed by atoms with Gasteiger partial charge in [-0.25, -0.2) is 0 Å². The number of aryl methyl sites for hydroxylation is 1. The Balaban J connectivity index is 1.79. The summed E-state index contributed by atoms with van der Waals surface area (Å²) in [5.74, 6) is 0. The quantitative estimate of drug-likeness (QED) is 0.516. The molecule has 2 N–H and O–H groups in total. The number of rotatable bonds is 2. The largest absolute Gasteiger partial charge is 0.339 e. The van der Waals surface area contributed by atoms with E-state index in [1.165, 1.54) is 4.52 Å². The van der Waals surface area contributed by atoms with Crippen LogP contribution in [0.2, 0.25) is 0 Å². The van der Waals surface area contributed by atoms with Crippen molar-refractivity contribution >= 4 is 16.7 Å². The summed E-state index contributed by atoms with van der Waals surface area (Å²) in [7, 11) is 0. The SMILES string of the molecule is Cc1nn2c(=O)cc(-c3ccc4[nH]nnc4c3)[nH]c2c1-c1ccccc1. The molecule has 26 heavy (non-hydrogen) atoms. The molecule has 0 unspecified atom stereocenters. The van der Waals surface area contributed by atoms with Gasteiger partial charge in [0.25, 0.3) is 5.56 Å². The molecular weight excluding hydrogens is 328 g/mol. The predicted octanol–water partition coefficient (Wildman–Crippen LogP) is 2.94. The molecule has 0 spiro atoms. The lowest BCUT2D eigenvalue weighted by molar-refractivity contribution is 0.882. The molecule has 5 aromatic rings. The van der Waals surface area contributed by atoms with Crippen LogP contribution < -0.4 is 5.56 Å². The highest BCUT2D eigenvalue weighted by molar-refractivity contribution is 5.83. The molecular formula is C19H14N6O. The predicted molar refractivity (Wildman–Crippen MR) is 98.9 cm³/mol. The summed E-state index contributed by atoms with van der Waals surface area (Å²) in [6.07, 6.45) is 0. The van der Waals surface area contributed by atoms with Crippen LogP contribution in [0.5, 0.6) is 0 Å². The Morgan fingerprint density at radius 2 is 1.85 bits per heavy atom. The Morgan fingerprint density at radius 1 is 1.00 bits per heavy atom. The summed E-state index contributed by atoms with van der Waals surface area (Å²) < 4.78 is 1.41. The Hall–Kier alpha value is -3.74. The van der Waals surface area contributed by atoms with Gasteiger partial charge in [0.2, 0.25) is 0 Å². The molecule has 5 rings (SSSR count). The number of aromatic nitrogens is 6. The van der Waals surface area contributed by atoms with Gasteiger partial charge in [-0.3, -0.25) is 9.89 Å². The summed E-state index contributed by atoms with van der Waals surface area (Å²) in [6, 6.07) is 17.2. The van der Waals surface area contributed by atoms with E-state index in [2.05, 4.69) is 25.5 Å². The summed E-state index contributed by atoms with van der Waals surface area (Å²) in [6.45, 7) is 1.91. The fraction of sp³-hybridized carbons (Fsp3) is 0.0526. The van der Waals surface area contributed by atoms with Gasteiger partial charge in [0.05, 0.1) is 16.9 Å². The maximum Gasteiger partial charge on any atom is 0.274 e. The van der Waals surface area contributed by atoms with Crippen LogP contribution in [0.15, 0.2) is 59.4 Å². The molecule has 0 fully saturated rings. The minimum absolute atomic E-state index is 0.181. The number of nitrogens with one attached hydrogen (secondary N) is 2. The zero-order valence-corrected chi connectivity index (χ0v) is 13.9. The topological polar surface area (TPSA) is 91.7 Å². The average molecular weight is 342 g/mol. The highest BCUT2D eigenvalue weighted by Crippen LogP contribution is 2.28. The van der Waals surface area contributed by atoms with Crippen molar-refractivity contribution in [2.45, 2.75) is 6.92 Å². The number of hydrogen-bond acceptors (Lipinski definition) is 4. The van der Waals surface area contributed by atoms with Crippen LogP contribution in [0, 0.1) is 6.92 Å². The maximum atomic E-state index is 12.6. The summed E-state index contributed by atoms with van der Waals surface area (Å²) in [5.41, 5.74) is 6.41. The number of aromatic amines is 2. The van der Waals surface area contributed by atoms with Crippen molar-refractivity contribution < 1.29 is 0 Å². The first-order valence-electron chi connectivity index (χ1n) is 8.20. The Kier molecular flexibility index (Phi) is 3.02. The zero-order chi connectivity index (χ0) is 17.7. The molecule has 3 aromatic heterocycles. The van der Waals surface area contributed by atoms with Crippen LogP contribution in [0.1, 0.15) is 5.69 Å². The molecule has 0 saturated heterocycles. The fourth-order valence-electron chi connectivity index (χ4n) is 3.27. The molecule has 7 nitrogen and oxygen atoms in total. The van der Waals surface area contributed by atoms with Crippen molar-refractivity contribution in [3.8, 4) is 22.4 Å². The second kappa shape index (κ2) is 5.38. The Bertz CT molecular complexity index is 1310. The van der Waals surface area contributed by atoms with Crippen molar-refractivity contribution in [1.29, 1.82) is 0 Å². The van der Waals surface area contributed by atoms with E-state index in [4.69, 9.17) is 0 Å². The minimum Gasteiger partial charge on any atom is -0.339 e. The van der Waals surface area contributed by atoms with E-state index in [1.54, 1.807) is 6.07 Å². The molecule has 0 atom stereocenters. The van der Waals surface area contributed by atoms with E-state index in [9.17, 15) is 4.79 Å². The molecule has 0 radical (unpaired) electrons. The second-order valence-electron chi connectivity index (χ2n) is 6.15. The Morgan fingerprint density at radius 3 is 2.69 bits per heavy atom. The molecule has 0 amide bonds. The number of nitrogens with zero attached hydrogens (tertiary/aromatic N) is 4. The highest BCUT2D eigenvalue weighted by atomic mass is 16.1. The molecule has 0 aliphatic carbocycles. The summed E-state index contributed by atoms with van der Waals surface area (Å²) in [4.78, 5) is 16.0. The molecule has 0 saturated carbocycles. The number of hydrogen-bond donors (Lipinski definition) is 2. The van der Waals surface area contributed by atoms with Gasteiger partial charge in [-0.2, -0.15) is 9.61 Å². The van der Waals surface area contributed by atoms with Crippen molar-refractivity contribution in [2.24, 2.45) is 0 Å². The first-order valence-corrected chi connectivity index (χ1v) is 8.20. The smallest absolute Gasteiger partial charge is 0.274 e. The van der Waals surface area contributed by atoms with Crippen LogP contribution in [-0.2, 0) is 0 Å². The second-order valence-corrected chi connectivity index (χ2v) is 6.15. The van der Waals surface area contributed by atoms with Crippen molar-refractivity contribution in [2.75, 3.05) is 0 Å². The zero-order valence-electron chi connectivity index (χ0n) is 13.9. The van der Waals surface area contributed by atoms with E-state index in [0.29, 0.717) is 11.3 Å². The van der Waals surface area contributed by atoms with Gasteiger partial charge in [0.1, 0.15) is 11.2 Å². The fourth-order valence-corrected chi connectivity index (χ4v) is 3.27. The molecule has 0 bridgehead atoms. The van der Waals surface area contributed by atoms with Gasteiger partial charge in [-0.15, -0.1) is 5.10 Å². The van der Waals surface area contributed by atoms with Crippen molar-refractivity contribution in [1.82, 2.24) is 30.0 Å². The van der Waals surface area contributed by atoms with Gasteiger partial charge in [0, 0.05) is 17.2 Å². The number of H-pyrrole nitrogens is 2. The molecule has 0 aliphatic heterocycles. The lowest BCUT2D eigenvalue weighted by Gasteiger charge is -2.05. The monoisotopic (exact) mass is 342 g/mol. The third-order valence-electron chi connectivity index (χ3n) is 4.49. The van der Waals surface area contributed by atoms with E-state index < -0.39 is 0 Å². The lowest BCUT2D eigenvalue weighted by atomic mass is 10.1. The highest BCUT2D eigenvalue weighted by Gasteiger charge is 2.15. The summed E-state index contributed by atoms with van der Waals surface area (Å²) >= 11 is 0. The van der Waals surface area contributed by atoms with Crippen LogP contribution in [0.25, 0.3) is 39.1 Å². The third kappa shape index (κ3) is 2.14. The van der Waals surface area contributed by atoms with Crippen LogP contribution in [0.4, 0.5) is 0 Å². The van der Waals surface area contributed by atoms with E-state index in [1.807, 2.05) is 55.5 Å². The molecule has 0 aliphatic rings. The van der Waals surface area contributed by atoms with E-state index in [-0.39, 0.29) is 5.56 Å². The summed E-state index contributed by atoms with van der Waals surface area (Å²) in [5, 5.41) is 15.1. The van der Waals surface area contributed by atoms with E-state index >= 15 is 0 Å². The minimum atomic E-state index is -0.181. The standard InChI is InChI=1S/C19H14N6O/c1-11-18(12-5-3-2-4-6-12)19-20-15(10-17(26)25(19)23-11)13-7-8-14-16(9-13)22-24-21-14/h2-10,20H,1H3,(H,21,22,24). The van der Waals surface area contributed by atoms with Crippen molar-refractivity contribution in [3.63, 3.8) is 0 Å². The van der Waals surface area contributed by atoms with Crippen LogP contribution >= 0.6 is 0 Å². The van der Waals surface area contributed by atoms with Gasteiger partial charge >= 0.3 is 0 Å². The maximum absolute atomic E-state index is 12.6. The molecule has 126 valence electrons. The number of benzene rings is 2. The number of fused-ring (bicyclic) bond motifs is 2. The first-order chi connectivity index (χ1) is 12.7. The first kappa shape index (κ1) is 14.6. The normalized spacial score (nSPS) is 11.4. The molecule has 3 heterocycles. The van der Waals surface area contributed by atoms with E-state index in [0.717, 1.165) is 33.4 Å². The average Bonchev–Trinajstić information content (AvgIpc) is 3.25. The Labute approximate surface area is 147 Å². The van der Waals surface area contributed by atoms with Gasteiger partial charge < -0.3 is 4.98 Å².